The highest BCUT2D eigenvalue weighted by molar-refractivity contribution is 7.85. The predicted molar refractivity (Wildman–Crippen MR) is 97.9 cm³/mol. The molecule has 0 unspecified atom stereocenters. The van der Waals surface area contributed by atoms with Crippen molar-refractivity contribution in [3.8, 4) is 6.01 Å². The minimum Gasteiger partial charge on any atom is -0.467 e. The number of ether oxygens (including phenoxy) is 1. The van der Waals surface area contributed by atoms with Crippen LogP contribution in [0.1, 0.15) is 5.82 Å². The van der Waals surface area contributed by atoms with Crippen LogP contribution in [0, 0.1) is 6.92 Å². The second-order valence-electron chi connectivity index (χ2n) is 5.19. The monoisotopic (exact) mass is 426 g/mol. The topological polar surface area (TPSA) is 166 Å². The van der Waals surface area contributed by atoms with Gasteiger partial charge in [-0.3, -0.25) is 4.55 Å². The molecule has 0 saturated heterocycles. The Kier molecular flexibility index (Phi) is 6.56. The van der Waals surface area contributed by atoms with Crippen molar-refractivity contribution in [3.05, 3.63) is 42.2 Å². The molecular formula is C15H14N4O7S2. The van der Waals surface area contributed by atoms with E-state index in [0.717, 1.165) is 5.39 Å². The summed E-state index contributed by atoms with van der Waals surface area (Å²) in [5.41, 5.74) is 0.438. The zero-order valence-corrected chi connectivity index (χ0v) is 16.2. The summed E-state index contributed by atoms with van der Waals surface area (Å²) < 4.78 is 62.7. The number of anilines is 2. The molecule has 0 aliphatic heterocycles. The van der Waals surface area contributed by atoms with Gasteiger partial charge in [0.1, 0.15) is 5.82 Å². The van der Waals surface area contributed by atoms with Gasteiger partial charge in [-0.25, -0.2) is 0 Å². The minimum atomic E-state index is -4.35. The smallest absolute Gasteiger partial charge is 0.425 e. The number of nitrogens with zero attached hydrogens (tertiary/aromatic N) is 3. The van der Waals surface area contributed by atoms with E-state index in [1.54, 1.807) is 19.1 Å². The van der Waals surface area contributed by atoms with Gasteiger partial charge in [0.15, 0.2) is 0 Å². The number of aromatic nitrogens is 3. The molecule has 0 aliphatic rings. The molecule has 3 aromatic rings. The van der Waals surface area contributed by atoms with Gasteiger partial charge >= 0.3 is 16.6 Å². The molecule has 0 radical (unpaired) electrons. The molecule has 0 saturated carbocycles. The van der Waals surface area contributed by atoms with E-state index in [2.05, 4.69) is 20.3 Å². The lowest BCUT2D eigenvalue weighted by atomic mass is 10.1. The molecule has 1 aromatic heterocycles. The summed E-state index contributed by atoms with van der Waals surface area (Å²) in [7, 11) is -6.02. The Labute approximate surface area is 161 Å². The Hall–Kier alpha value is -3.16. The van der Waals surface area contributed by atoms with Gasteiger partial charge in [-0.05, 0) is 24.4 Å². The lowest BCUT2D eigenvalue weighted by molar-refractivity contribution is 0.377. The van der Waals surface area contributed by atoms with Crippen LogP contribution in [0.3, 0.4) is 0 Å². The van der Waals surface area contributed by atoms with E-state index < -0.39 is 20.7 Å². The Morgan fingerprint density at radius 2 is 1.71 bits per heavy atom. The maximum absolute atomic E-state index is 11.5. The molecule has 2 aromatic carbocycles. The molecule has 28 heavy (non-hydrogen) atoms. The number of nitrogens with one attached hydrogen (secondary N) is 1. The standard InChI is InChI=1S/C15H14N4O4S.O3S/c1-9-16-14(19-15(17-9)23-2)18-13-8-11(24(20,21)22)7-10-5-3-4-6-12(10)13;1-4(2)3/h3-8H,1-2H3,(H,20,21,22)(H,16,17,18,19);. The minimum absolute atomic E-state index is 0.139. The first kappa shape index (κ1) is 21.1. The first-order valence-electron chi connectivity index (χ1n) is 7.41. The molecule has 11 nitrogen and oxygen atoms in total. The molecule has 0 atom stereocenters. The molecule has 1 heterocycles. The molecule has 2 N–H and O–H groups in total. The summed E-state index contributed by atoms with van der Waals surface area (Å²) in [6.07, 6.45) is 0. The summed E-state index contributed by atoms with van der Waals surface area (Å²) in [6.45, 7) is 1.68. The predicted octanol–water partition coefficient (Wildman–Crippen LogP) is 1.33. The van der Waals surface area contributed by atoms with E-state index >= 15 is 0 Å². The van der Waals surface area contributed by atoms with Crippen LogP contribution in [0.2, 0.25) is 0 Å². The van der Waals surface area contributed by atoms with Gasteiger partial charge in [-0.15, -0.1) is 12.6 Å². The van der Waals surface area contributed by atoms with Crippen LogP contribution in [0.4, 0.5) is 11.6 Å². The highest BCUT2D eigenvalue weighted by Gasteiger charge is 2.14. The Morgan fingerprint density at radius 1 is 1.07 bits per heavy atom. The van der Waals surface area contributed by atoms with Crippen LogP contribution in [0.25, 0.3) is 10.8 Å². The Balaban J connectivity index is 0.000000640. The maximum Gasteiger partial charge on any atom is 0.425 e. The zero-order valence-electron chi connectivity index (χ0n) is 14.5. The largest absolute Gasteiger partial charge is 0.467 e. The third-order valence-corrected chi connectivity index (χ3v) is 4.12. The van der Waals surface area contributed by atoms with Gasteiger partial charge in [0.25, 0.3) is 10.1 Å². The van der Waals surface area contributed by atoms with Crippen LogP contribution in [0.15, 0.2) is 41.3 Å². The van der Waals surface area contributed by atoms with Crippen molar-refractivity contribution in [1.29, 1.82) is 0 Å². The first-order chi connectivity index (χ1) is 13.1. The summed E-state index contributed by atoms with van der Waals surface area (Å²) in [5, 5.41) is 4.36. The van der Waals surface area contributed by atoms with Crippen molar-refractivity contribution < 1.29 is 30.3 Å². The maximum atomic E-state index is 11.5. The first-order valence-corrected chi connectivity index (χ1v) is 9.85. The van der Waals surface area contributed by atoms with E-state index in [-0.39, 0.29) is 16.9 Å². The molecule has 0 bridgehead atoms. The number of fused-ring (bicyclic) bond motifs is 1. The van der Waals surface area contributed by atoms with Crippen LogP contribution in [0.5, 0.6) is 6.01 Å². The summed E-state index contributed by atoms with van der Waals surface area (Å²) in [5.74, 6) is 0.650. The van der Waals surface area contributed by atoms with Crippen LogP contribution in [-0.4, -0.2) is 47.7 Å². The van der Waals surface area contributed by atoms with Gasteiger partial charge in [-0.1, -0.05) is 24.3 Å². The second kappa shape index (κ2) is 8.69. The SMILES string of the molecule is COc1nc(C)nc(Nc2cc(S(=O)(=O)O)cc3ccccc23)n1.O=S(=O)=O. The van der Waals surface area contributed by atoms with E-state index in [0.29, 0.717) is 16.9 Å². The quantitative estimate of drug-likeness (QED) is 0.578. The molecule has 0 aliphatic carbocycles. The fourth-order valence-electron chi connectivity index (χ4n) is 2.26. The third kappa shape index (κ3) is 5.67. The van der Waals surface area contributed by atoms with Crippen molar-refractivity contribution in [2.45, 2.75) is 11.8 Å². The summed E-state index contributed by atoms with van der Waals surface area (Å²) in [6, 6.07) is 10.0. The van der Waals surface area contributed by atoms with E-state index in [1.165, 1.54) is 19.2 Å². The highest BCUT2D eigenvalue weighted by Crippen LogP contribution is 2.29. The average Bonchev–Trinajstić information content (AvgIpc) is 2.60. The fraction of sp³-hybridized carbons (Fsp3) is 0.133. The van der Waals surface area contributed by atoms with E-state index in [1.807, 2.05) is 12.1 Å². The van der Waals surface area contributed by atoms with Crippen molar-refractivity contribution in [3.63, 3.8) is 0 Å². The number of rotatable bonds is 4. The molecule has 3 rings (SSSR count). The van der Waals surface area contributed by atoms with E-state index in [9.17, 15) is 13.0 Å². The third-order valence-electron chi connectivity index (χ3n) is 3.29. The second-order valence-corrected chi connectivity index (χ2v) is 7.02. The molecule has 0 amide bonds. The average molecular weight is 426 g/mol. The van der Waals surface area contributed by atoms with Crippen molar-refractivity contribution in [1.82, 2.24) is 15.0 Å². The fourth-order valence-corrected chi connectivity index (χ4v) is 2.80. The van der Waals surface area contributed by atoms with Crippen LogP contribution < -0.4 is 10.1 Å². The van der Waals surface area contributed by atoms with Crippen molar-refractivity contribution in [2.75, 3.05) is 12.4 Å². The lowest BCUT2D eigenvalue weighted by Gasteiger charge is -2.11. The van der Waals surface area contributed by atoms with E-state index in [4.69, 9.17) is 17.4 Å². The number of hydrogen-bond acceptors (Lipinski definition) is 10. The molecule has 148 valence electrons. The molecular weight excluding hydrogens is 412 g/mol. The number of benzene rings is 2. The van der Waals surface area contributed by atoms with Gasteiger partial charge in [0.2, 0.25) is 5.95 Å². The Morgan fingerprint density at radius 3 is 2.32 bits per heavy atom. The number of hydrogen-bond donors (Lipinski definition) is 2. The normalized spacial score (nSPS) is 10.7. The zero-order chi connectivity index (χ0) is 20.9. The van der Waals surface area contributed by atoms with Gasteiger partial charge in [0, 0.05) is 5.39 Å². The van der Waals surface area contributed by atoms with Crippen molar-refractivity contribution >= 4 is 43.1 Å². The van der Waals surface area contributed by atoms with Crippen LogP contribution >= 0.6 is 0 Å². The molecule has 0 fully saturated rings. The summed E-state index contributed by atoms with van der Waals surface area (Å²) in [4.78, 5) is 12.0. The number of methoxy groups -OCH3 is 1. The molecule has 0 spiro atoms. The summed E-state index contributed by atoms with van der Waals surface area (Å²) >= 11 is 0. The van der Waals surface area contributed by atoms with Gasteiger partial charge in [0.05, 0.1) is 17.7 Å². The van der Waals surface area contributed by atoms with Crippen LogP contribution in [-0.2, 0) is 20.7 Å². The van der Waals surface area contributed by atoms with Gasteiger partial charge < -0.3 is 10.1 Å². The Bertz CT molecular complexity index is 1220. The number of aryl methyl sites for hydroxylation is 1. The van der Waals surface area contributed by atoms with Crippen molar-refractivity contribution in [2.24, 2.45) is 0 Å². The lowest BCUT2D eigenvalue weighted by Crippen LogP contribution is -2.05. The molecule has 13 heteroatoms. The highest BCUT2D eigenvalue weighted by atomic mass is 32.2. The van der Waals surface area contributed by atoms with Gasteiger partial charge in [-0.2, -0.15) is 23.4 Å².